The predicted octanol–water partition coefficient (Wildman–Crippen LogP) is 4.32. The zero-order valence-corrected chi connectivity index (χ0v) is 15.9. The number of anilines is 1. The highest BCUT2D eigenvalue weighted by atomic mass is 35.5. The van der Waals surface area contributed by atoms with Crippen molar-refractivity contribution in [2.75, 3.05) is 11.3 Å². The van der Waals surface area contributed by atoms with Crippen molar-refractivity contribution in [3.05, 3.63) is 58.1 Å². The number of carbonyl (C=O) groups excluding carboxylic acids is 1. The van der Waals surface area contributed by atoms with E-state index >= 15 is 0 Å². The van der Waals surface area contributed by atoms with E-state index in [9.17, 15) is 13.2 Å². The van der Waals surface area contributed by atoms with E-state index in [2.05, 4.69) is 4.72 Å². The monoisotopic (exact) mass is 381 g/mol. The van der Waals surface area contributed by atoms with Gasteiger partial charge in [-0.05, 0) is 67.8 Å². The molecule has 0 radical (unpaired) electrons. The average molecular weight is 382 g/mol. The van der Waals surface area contributed by atoms with Crippen molar-refractivity contribution in [1.29, 1.82) is 0 Å². The molecule has 0 fully saturated rings. The minimum Gasteiger partial charge on any atom is -0.462 e. The molecule has 134 valence electrons. The molecule has 0 saturated carbocycles. The molecule has 1 N–H and O–H groups in total. The molecule has 0 aliphatic heterocycles. The fraction of sp³-hybridized carbons (Fsp3) is 0.278. The summed E-state index contributed by atoms with van der Waals surface area (Å²) >= 11 is 6.02. The van der Waals surface area contributed by atoms with Gasteiger partial charge in [-0.3, -0.25) is 4.72 Å². The van der Waals surface area contributed by atoms with Crippen LogP contribution in [0, 0.1) is 13.8 Å². The van der Waals surface area contributed by atoms with Gasteiger partial charge < -0.3 is 4.74 Å². The first-order valence-electron chi connectivity index (χ1n) is 7.81. The van der Waals surface area contributed by atoms with Gasteiger partial charge in [0.2, 0.25) is 0 Å². The summed E-state index contributed by atoms with van der Waals surface area (Å²) in [6.07, 6.45) is 0.740. The number of aryl methyl sites for hydroxylation is 2. The molecule has 0 aliphatic carbocycles. The minimum absolute atomic E-state index is 0.167. The summed E-state index contributed by atoms with van der Waals surface area (Å²) in [4.78, 5) is 11.9. The molecule has 0 saturated heterocycles. The van der Waals surface area contributed by atoms with E-state index in [1.165, 1.54) is 30.3 Å². The Kier molecular flexibility index (Phi) is 6.08. The molecule has 2 aromatic carbocycles. The van der Waals surface area contributed by atoms with Gasteiger partial charge in [-0.1, -0.05) is 18.5 Å². The van der Waals surface area contributed by atoms with E-state index in [1.807, 2.05) is 6.92 Å². The highest BCUT2D eigenvalue weighted by Gasteiger charge is 2.18. The van der Waals surface area contributed by atoms with Crippen molar-refractivity contribution in [2.45, 2.75) is 32.1 Å². The van der Waals surface area contributed by atoms with E-state index < -0.39 is 16.0 Å². The second kappa shape index (κ2) is 7.89. The van der Waals surface area contributed by atoms with Crippen molar-refractivity contribution in [2.24, 2.45) is 0 Å². The minimum atomic E-state index is -3.76. The lowest BCUT2D eigenvalue weighted by Crippen LogP contribution is -2.15. The molecule has 0 unspecified atom stereocenters. The van der Waals surface area contributed by atoms with Gasteiger partial charge in [-0.25, -0.2) is 13.2 Å². The number of esters is 1. The SMILES string of the molecule is CCCOC(=O)c1ccc(NS(=O)(=O)c2cc(C)c(Cl)cc2C)cc1. The number of hydrogen-bond donors (Lipinski definition) is 1. The number of sulfonamides is 1. The van der Waals surface area contributed by atoms with Crippen LogP contribution in [0.3, 0.4) is 0 Å². The van der Waals surface area contributed by atoms with E-state index in [0.29, 0.717) is 34.0 Å². The third-order valence-corrected chi connectivity index (χ3v) is 5.49. The van der Waals surface area contributed by atoms with Crippen molar-refractivity contribution in [3.63, 3.8) is 0 Å². The van der Waals surface area contributed by atoms with Crippen molar-refractivity contribution < 1.29 is 17.9 Å². The second-order valence-corrected chi connectivity index (χ2v) is 7.74. The molecular weight excluding hydrogens is 362 g/mol. The molecule has 0 aromatic heterocycles. The van der Waals surface area contributed by atoms with Gasteiger partial charge in [-0.2, -0.15) is 0 Å². The van der Waals surface area contributed by atoms with Gasteiger partial charge >= 0.3 is 5.97 Å². The summed E-state index contributed by atoms with van der Waals surface area (Å²) in [7, 11) is -3.76. The standard InChI is InChI=1S/C18H20ClNO4S/c1-4-9-24-18(21)14-5-7-15(8-6-14)20-25(22,23)17-11-12(2)16(19)10-13(17)3/h5-8,10-11,20H,4,9H2,1-3H3. The van der Waals surface area contributed by atoms with Crippen LogP contribution in [0.15, 0.2) is 41.3 Å². The number of nitrogens with one attached hydrogen (secondary N) is 1. The Labute approximate surface area is 153 Å². The summed E-state index contributed by atoms with van der Waals surface area (Å²) in [5.74, 6) is -0.430. The number of halogens is 1. The Bertz CT molecular complexity index is 877. The van der Waals surface area contributed by atoms with Crippen LogP contribution >= 0.6 is 11.6 Å². The Balaban J connectivity index is 2.21. The molecule has 2 aromatic rings. The quantitative estimate of drug-likeness (QED) is 0.756. The lowest BCUT2D eigenvalue weighted by atomic mass is 10.2. The molecule has 0 aliphatic rings. The molecule has 0 spiro atoms. The molecule has 25 heavy (non-hydrogen) atoms. The van der Waals surface area contributed by atoms with E-state index in [0.717, 1.165) is 6.42 Å². The van der Waals surface area contributed by atoms with Gasteiger partial charge in [-0.15, -0.1) is 0 Å². The summed E-state index contributed by atoms with van der Waals surface area (Å²) in [6.45, 7) is 5.69. The van der Waals surface area contributed by atoms with Crippen molar-refractivity contribution >= 4 is 33.3 Å². The normalized spacial score (nSPS) is 11.2. The van der Waals surface area contributed by atoms with Crippen LogP contribution in [0.2, 0.25) is 5.02 Å². The smallest absolute Gasteiger partial charge is 0.338 e. The third-order valence-electron chi connectivity index (χ3n) is 3.56. The molecule has 0 bridgehead atoms. The molecule has 5 nitrogen and oxygen atoms in total. The zero-order chi connectivity index (χ0) is 18.6. The summed E-state index contributed by atoms with van der Waals surface area (Å²) < 4.78 is 32.7. The van der Waals surface area contributed by atoms with Gasteiger partial charge in [0.25, 0.3) is 10.0 Å². The fourth-order valence-corrected chi connectivity index (χ4v) is 3.80. The number of benzene rings is 2. The van der Waals surface area contributed by atoms with Crippen LogP contribution in [0.1, 0.15) is 34.8 Å². The van der Waals surface area contributed by atoms with Crippen LogP contribution in [0.4, 0.5) is 5.69 Å². The summed E-state index contributed by atoms with van der Waals surface area (Å²) in [6, 6.07) is 9.26. The lowest BCUT2D eigenvalue weighted by molar-refractivity contribution is 0.0505. The Morgan fingerprint density at radius 2 is 1.76 bits per heavy atom. The van der Waals surface area contributed by atoms with E-state index in [1.54, 1.807) is 19.9 Å². The Morgan fingerprint density at radius 3 is 2.36 bits per heavy atom. The number of hydrogen-bond acceptors (Lipinski definition) is 4. The maximum absolute atomic E-state index is 12.6. The first kappa shape index (κ1) is 19.3. The van der Waals surface area contributed by atoms with Crippen LogP contribution < -0.4 is 4.72 Å². The van der Waals surface area contributed by atoms with Gasteiger partial charge in [0, 0.05) is 10.7 Å². The van der Waals surface area contributed by atoms with E-state index in [-0.39, 0.29) is 4.90 Å². The fourth-order valence-electron chi connectivity index (χ4n) is 2.21. The van der Waals surface area contributed by atoms with Gasteiger partial charge in [0.15, 0.2) is 0 Å². The lowest BCUT2D eigenvalue weighted by Gasteiger charge is -2.12. The second-order valence-electron chi connectivity index (χ2n) is 5.69. The highest BCUT2D eigenvalue weighted by Crippen LogP contribution is 2.25. The third kappa shape index (κ3) is 4.74. The summed E-state index contributed by atoms with van der Waals surface area (Å²) in [5.41, 5.74) is 1.97. The molecule has 0 atom stereocenters. The van der Waals surface area contributed by atoms with Crippen molar-refractivity contribution in [3.8, 4) is 0 Å². The number of rotatable bonds is 6. The van der Waals surface area contributed by atoms with Crippen LogP contribution in [-0.2, 0) is 14.8 Å². The number of ether oxygens (including phenoxy) is 1. The van der Waals surface area contributed by atoms with Crippen LogP contribution in [-0.4, -0.2) is 21.0 Å². The molecule has 2 rings (SSSR count). The highest BCUT2D eigenvalue weighted by molar-refractivity contribution is 7.92. The molecule has 0 heterocycles. The first-order chi connectivity index (χ1) is 11.7. The van der Waals surface area contributed by atoms with Crippen molar-refractivity contribution in [1.82, 2.24) is 0 Å². The maximum atomic E-state index is 12.6. The van der Waals surface area contributed by atoms with Gasteiger partial charge in [0.1, 0.15) is 0 Å². The van der Waals surface area contributed by atoms with Crippen LogP contribution in [0.25, 0.3) is 0 Å². The maximum Gasteiger partial charge on any atom is 0.338 e. The topological polar surface area (TPSA) is 72.5 Å². The first-order valence-corrected chi connectivity index (χ1v) is 9.67. The summed E-state index contributed by atoms with van der Waals surface area (Å²) in [5, 5.41) is 0.520. The Hall–Kier alpha value is -2.05. The number of carbonyl (C=O) groups is 1. The molecule has 7 heteroatoms. The Morgan fingerprint density at radius 1 is 1.12 bits per heavy atom. The predicted molar refractivity (Wildman–Crippen MR) is 98.8 cm³/mol. The molecular formula is C18H20ClNO4S. The van der Waals surface area contributed by atoms with Crippen LogP contribution in [0.5, 0.6) is 0 Å². The average Bonchev–Trinajstić information content (AvgIpc) is 2.56. The van der Waals surface area contributed by atoms with Gasteiger partial charge in [0.05, 0.1) is 17.1 Å². The zero-order valence-electron chi connectivity index (χ0n) is 14.3. The molecule has 0 amide bonds. The van der Waals surface area contributed by atoms with E-state index in [4.69, 9.17) is 16.3 Å². The largest absolute Gasteiger partial charge is 0.462 e.